The average Bonchev–Trinajstić information content (AvgIpc) is 3.07. The number of likely N-dealkylation sites (N-methyl/N-ethyl adjacent to an activating group) is 1. The van der Waals surface area contributed by atoms with Crippen LogP contribution in [0.15, 0.2) is 70.6 Å². The van der Waals surface area contributed by atoms with Crippen molar-refractivity contribution in [3.8, 4) is 0 Å². The summed E-state index contributed by atoms with van der Waals surface area (Å²) in [4.78, 5) is 12.9. The van der Waals surface area contributed by atoms with Gasteiger partial charge in [-0.05, 0) is 56.5 Å². The van der Waals surface area contributed by atoms with E-state index in [1.807, 2.05) is 23.1 Å². The second-order valence-electron chi connectivity index (χ2n) is 8.21. The van der Waals surface area contributed by atoms with Gasteiger partial charge < -0.3 is 10.2 Å². The minimum atomic E-state index is 0. The lowest BCUT2D eigenvalue weighted by Gasteiger charge is -2.41. The summed E-state index contributed by atoms with van der Waals surface area (Å²) in [6, 6.07) is 21.9. The SMILES string of the molecule is Cc1cc2c(s1)Nc1ccccc1N=C2N1CCN(C)[C@@H](CCSc2ccccc2)C1.Cl.Cl. The molecule has 1 atom stereocenters. The van der Waals surface area contributed by atoms with Crippen LogP contribution in [0, 0.1) is 6.92 Å². The molecular formula is C25H30Cl2N4S2. The third-order valence-corrected chi connectivity index (χ3v) is 8.03. The summed E-state index contributed by atoms with van der Waals surface area (Å²) in [5.74, 6) is 2.25. The van der Waals surface area contributed by atoms with E-state index in [1.165, 1.54) is 26.8 Å². The van der Waals surface area contributed by atoms with Crippen LogP contribution < -0.4 is 5.32 Å². The van der Waals surface area contributed by atoms with E-state index in [1.54, 1.807) is 0 Å². The number of nitrogens with zero attached hydrogens (tertiary/aromatic N) is 3. The monoisotopic (exact) mass is 520 g/mol. The number of aryl methyl sites for hydroxylation is 1. The van der Waals surface area contributed by atoms with Crippen LogP contribution in [-0.4, -0.2) is 54.1 Å². The normalized spacial score (nSPS) is 17.5. The van der Waals surface area contributed by atoms with Crippen molar-refractivity contribution in [3.05, 3.63) is 71.1 Å². The Morgan fingerprint density at radius 1 is 1.06 bits per heavy atom. The van der Waals surface area contributed by atoms with Gasteiger partial charge in [0, 0.05) is 35.4 Å². The summed E-state index contributed by atoms with van der Waals surface area (Å²) in [6.07, 6.45) is 1.17. The Bertz CT molecular complexity index is 1090. The molecule has 0 unspecified atom stereocenters. The smallest absolute Gasteiger partial charge is 0.139 e. The van der Waals surface area contributed by atoms with Gasteiger partial charge in [-0.1, -0.05) is 30.3 Å². The van der Waals surface area contributed by atoms with E-state index < -0.39 is 0 Å². The van der Waals surface area contributed by atoms with Crippen molar-refractivity contribution in [1.29, 1.82) is 0 Å². The van der Waals surface area contributed by atoms with E-state index in [9.17, 15) is 0 Å². The fraction of sp³-hybridized carbons (Fsp3) is 0.320. The maximum Gasteiger partial charge on any atom is 0.139 e. The van der Waals surface area contributed by atoms with Crippen molar-refractivity contribution in [3.63, 3.8) is 0 Å². The number of rotatable bonds is 4. The first-order valence-electron chi connectivity index (χ1n) is 10.9. The average molecular weight is 522 g/mol. The molecule has 1 N–H and O–H groups in total. The van der Waals surface area contributed by atoms with Gasteiger partial charge in [-0.3, -0.25) is 4.90 Å². The molecule has 1 fully saturated rings. The summed E-state index contributed by atoms with van der Waals surface area (Å²) in [7, 11) is 2.26. The molecule has 0 spiro atoms. The van der Waals surface area contributed by atoms with Gasteiger partial charge in [-0.25, -0.2) is 4.99 Å². The van der Waals surface area contributed by atoms with Crippen LogP contribution in [0.3, 0.4) is 0 Å². The summed E-state index contributed by atoms with van der Waals surface area (Å²) in [5, 5.41) is 4.83. The number of aliphatic imine (C=N–C) groups is 1. The lowest BCUT2D eigenvalue weighted by Crippen LogP contribution is -2.53. The summed E-state index contributed by atoms with van der Waals surface area (Å²) >= 11 is 3.77. The second-order valence-corrected chi connectivity index (χ2v) is 10.6. The number of para-hydroxylation sites is 2. The zero-order valence-corrected chi connectivity index (χ0v) is 22.1. The molecule has 8 heteroatoms. The molecule has 4 nitrogen and oxygen atoms in total. The topological polar surface area (TPSA) is 30.9 Å². The fourth-order valence-electron chi connectivity index (χ4n) is 4.27. The summed E-state index contributed by atoms with van der Waals surface area (Å²) in [6.45, 7) is 5.26. The number of halogens is 2. The van der Waals surface area contributed by atoms with Crippen LogP contribution in [-0.2, 0) is 0 Å². The number of piperazine rings is 1. The Hall–Kier alpha value is -1.70. The largest absolute Gasteiger partial charge is 0.353 e. The van der Waals surface area contributed by atoms with Crippen LogP contribution >= 0.6 is 47.9 Å². The molecular weight excluding hydrogens is 491 g/mol. The first-order chi connectivity index (χ1) is 15.2. The molecule has 33 heavy (non-hydrogen) atoms. The highest BCUT2D eigenvalue weighted by atomic mass is 35.5. The zero-order valence-electron chi connectivity index (χ0n) is 18.9. The zero-order chi connectivity index (χ0) is 21.2. The number of nitrogens with one attached hydrogen (secondary N) is 1. The molecule has 0 saturated carbocycles. The maximum atomic E-state index is 5.17. The van der Waals surface area contributed by atoms with E-state index in [4.69, 9.17) is 4.99 Å². The lowest BCUT2D eigenvalue weighted by atomic mass is 10.1. The lowest BCUT2D eigenvalue weighted by molar-refractivity contribution is 0.139. The van der Waals surface area contributed by atoms with Gasteiger partial charge in [-0.2, -0.15) is 0 Å². The number of amidine groups is 1. The number of thioether (sulfide) groups is 1. The predicted octanol–water partition coefficient (Wildman–Crippen LogP) is 6.83. The molecule has 2 aliphatic rings. The van der Waals surface area contributed by atoms with E-state index >= 15 is 0 Å². The van der Waals surface area contributed by atoms with Crippen molar-refractivity contribution in [2.24, 2.45) is 4.99 Å². The van der Waals surface area contributed by atoms with Gasteiger partial charge in [-0.15, -0.1) is 47.9 Å². The Morgan fingerprint density at radius 3 is 2.64 bits per heavy atom. The molecule has 0 amide bonds. The van der Waals surface area contributed by atoms with Crippen molar-refractivity contribution in [2.75, 3.05) is 37.8 Å². The molecule has 3 heterocycles. The Labute approximate surface area is 217 Å². The third-order valence-electron chi connectivity index (χ3n) is 6.01. The fourth-order valence-corrected chi connectivity index (χ4v) is 6.16. The van der Waals surface area contributed by atoms with Crippen LogP contribution in [0.1, 0.15) is 16.9 Å². The molecule has 1 aromatic heterocycles. The van der Waals surface area contributed by atoms with Gasteiger partial charge in [0.15, 0.2) is 0 Å². The summed E-state index contributed by atoms with van der Waals surface area (Å²) < 4.78 is 0. The van der Waals surface area contributed by atoms with Crippen LogP contribution in [0.25, 0.3) is 0 Å². The molecule has 2 aromatic carbocycles. The van der Waals surface area contributed by atoms with Gasteiger partial charge in [0.1, 0.15) is 10.8 Å². The van der Waals surface area contributed by atoms with Gasteiger partial charge in [0.2, 0.25) is 0 Å². The Kier molecular flexibility index (Phi) is 9.13. The standard InChI is InChI=1S/C25H28N4S2.2ClH/c1-18-16-21-24(26-22-10-6-7-11-23(22)27-25(21)31-18)29-14-13-28(2)19(17-29)12-15-30-20-8-4-3-5-9-20;;/h3-11,16,19,27H,12-15,17H2,1-2H3;2*1H/t19-;;/m0../s1. The number of hydrogen-bond donors (Lipinski definition) is 1. The highest BCUT2D eigenvalue weighted by Gasteiger charge is 2.29. The molecule has 5 rings (SSSR count). The molecule has 1 saturated heterocycles. The molecule has 2 aliphatic heterocycles. The van der Waals surface area contributed by atoms with Crippen LogP contribution in [0.4, 0.5) is 16.4 Å². The van der Waals surface area contributed by atoms with Crippen LogP contribution in [0.5, 0.6) is 0 Å². The molecule has 0 aliphatic carbocycles. The first kappa shape index (κ1) is 25.9. The Morgan fingerprint density at radius 2 is 1.82 bits per heavy atom. The van der Waals surface area contributed by atoms with E-state index in [-0.39, 0.29) is 24.8 Å². The number of benzene rings is 2. The minimum absolute atomic E-state index is 0. The predicted molar refractivity (Wildman–Crippen MR) is 149 cm³/mol. The molecule has 0 radical (unpaired) electrons. The number of fused-ring (bicyclic) bond motifs is 2. The summed E-state index contributed by atoms with van der Waals surface area (Å²) in [5.41, 5.74) is 3.35. The Balaban J connectivity index is 0.00000153. The highest BCUT2D eigenvalue weighted by Crippen LogP contribution is 2.39. The van der Waals surface area contributed by atoms with Crippen molar-refractivity contribution in [1.82, 2.24) is 9.80 Å². The third kappa shape index (κ3) is 5.87. The van der Waals surface area contributed by atoms with E-state index in [2.05, 4.69) is 89.8 Å². The minimum Gasteiger partial charge on any atom is -0.353 e. The first-order valence-corrected chi connectivity index (χ1v) is 12.7. The van der Waals surface area contributed by atoms with E-state index in [0.717, 1.165) is 42.6 Å². The van der Waals surface area contributed by atoms with Crippen LogP contribution in [0.2, 0.25) is 0 Å². The quantitative estimate of drug-likeness (QED) is 0.381. The van der Waals surface area contributed by atoms with Crippen molar-refractivity contribution < 1.29 is 0 Å². The van der Waals surface area contributed by atoms with Gasteiger partial charge in [0.05, 0.1) is 16.9 Å². The van der Waals surface area contributed by atoms with Crippen molar-refractivity contribution >= 4 is 70.1 Å². The number of thiophene rings is 1. The van der Waals surface area contributed by atoms with Crippen molar-refractivity contribution in [2.45, 2.75) is 24.3 Å². The van der Waals surface area contributed by atoms with Gasteiger partial charge >= 0.3 is 0 Å². The molecule has 3 aromatic rings. The maximum absolute atomic E-state index is 5.17. The second kappa shape index (κ2) is 11.6. The highest BCUT2D eigenvalue weighted by molar-refractivity contribution is 7.99. The number of hydrogen-bond acceptors (Lipinski definition) is 6. The van der Waals surface area contributed by atoms with E-state index in [0.29, 0.717) is 6.04 Å². The molecule has 0 bridgehead atoms. The molecule has 176 valence electrons. The van der Waals surface area contributed by atoms with Gasteiger partial charge in [0.25, 0.3) is 0 Å². The number of anilines is 2.